The van der Waals surface area contributed by atoms with Gasteiger partial charge in [-0.05, 0) is 113 Å². The zero-order valence-electron chi connectivity index (χ0n) is 18.9. The summed E-state index contributed by atoms with van der Waals surface area (Å²) < 4.78 is 10.1. The molecule has 2 aromatic heterocycles. The second-order valence-corrected chi connectivity index (χ2v) is 13.1. The summed E-state index contributed by atoms with van der Waals surface area (Å²) in [4.78, 5) is 0. The molecule has 31 heavy (non-hydrogen) atoms. The highest BCUT2D eigenvalue weighted by Gasteiger charge is 2.55. The van der Waals surface area contributed by atoms with Gasteiger partial charge in [0.1, 0.15) is 35.9 Å². The third kappa shape index (κ3) is 2.66. The summed E-state index contributed by atoms with van der Waals surface area (Å²) in [6.45, 7) is 0.943. The SMILES string of the molecule is c1c[n+](C[n+]2ccn(C34CC5CC(CC(C5)C3)C4)c2)cn1C12CC3CC(CC(C3)C1)C2. The lowest BCUT2D eigenvalue weighted by atomic mass is 9.53. The molecular formula is C27H38N4+2. The van der Waals surface area contributed by atoms with Crippen molar-refractivity contribution in [3.63, 3.8) is 0 Å². The molecule has 8 bridgehead atoms. The molecule has 8 saturated carbocycles. The number of imidazole rings is 2. The van der Waals surface area contributed by atoms with Gasteiger partial charge in [0.25, 0.3) is 0 Å². The number of rotatable bonds is 4. The standard InChI is InChI=1S/C27H38N4/c1-3-30(26-11-20-5-21(12-26)7-22(6-20)13-26)18-28(1)17-29-2-4-31(19-29)27-14-23-8-24(15-27)10-25(9-23)16-27/h1-4,18-25H,5-17H2/q+2. The topological polar surface area (TPSA) is 17.6 Å². The Balaban J connectivity index is 1.03. The molecule has 0 saturated heterocycles. The van der Waals surface area contributed by atoms with Crippen molar-refractivity contribution in [3.05, 3.63) is 37.4 Å². The van der Waals surface area contributed by atoms with Crippen LogP contribution in [-0.2, 0) is 17.7 Å². The van der Waals surface area contributed by atoms with Crippen molar-refractivity contribution in [1.82, 2.24) is 9.13 Å². The lowest BCUT2D eigenvalue weighted by Gasteiger charge is -2.54. The maximum absolute atomic E-state index is 2.63. The molecule has 8 aliphatic rings. The van der Waals surface area contributed by atoms with E-state index in [4.69, 9.17) is 0 Å². The number of hydrogen-bond donors (Lipinski definition) is 0. The van der Waals surface area contributed by atoms with Gasteiger partial charge in [-0.25, -0.2) is 9.13 Å². The molecule has 8 aliphatic carbocycles. The summed E-state index contributed by atoms with van der Waals surface area (Å²) in [7, 11) is 0. The predicted octanol–water partition coefficient (Wildman–Crippen LogP) is 4.22. The van der Waals surface area contributed by atoms with Crippen molar-refractivity contribution in [3.8, 4) is 0 Å². The Morgan fingerprint density at radius 3 is 1.19 bits per heavy atom. The molecule has 0 radical (unpaired) electrons. The zero-order valence-corrected chi connectivity index (χ0v) is 18.9. The average molecular weight is 419 g/mol. The Morgan fingerprint density at radius 2 is 0.871 bits per heavy atom. The largest absolute Gasteiger partial charge is 0.247 e. The Bertz CT molecular complexity index is 861. The van der Waals surface area contributed by atoms with E-state index >= 15 is 0 Å². The lowest BCUT2D eigenvalue weighted by molar-refractivity contribution is -0.912. The van der Waals surface area contributed by atoms with E-state index in [1.165, 1.54) is 77.0 Å². The second kappa shape index (κ2) is 6.05. The van der Waals surface area contributed by atoms with Gasteiger partial charge in [0.15, 0.2) is 0 Å². The van der Waals surface area contributed by atoms with E-state index in [1.807, 2.05) is 0 Å². The Kier molecular flexibility index (Phi) is 3.50. The molecule has 164 valence electrons. The summed E-state index contributed by atoms with van der Waals surface area (Å²) in [5.41, 5.74) is 0.881. The third-order valence-electron chi connectivity index (χ3n) is 10.8. The minimum absolute atomic E-state index is 0.440. The fourth-order valence-electron chi connectivity index (χ4n) is 10.5. The predicted molar refractivity (Wildman–Crippen MR) is 117 cm³/mol. The molecule has 2 heterocycles. The normalized spacial score (nSPS) is 46.8. The van der Waals surface area contributed by atoms with Crippen LogP contribution in [0.4, 0.5) is 0 Å². The van der Waals surface area contributed by atoms with Gasteiger partial charge in [0.2, 0.25) is 19.3 Å². The van der Waals surface area contributed by atoms with Gasteiger partial charge in [0, 0.05) is 0 Å². The molecule has 0 aliphatic heterocycles. The molecule has 0 aromatic carbocycles. The molecule has 4 nitrogen and oxygen atoms in total. The van der Waals surface area contributed by atoms with Crippen LogP contribution in [0.15, 0.2) is 37.4 Å². The Morgan fingerprint density at radius 1 is 0.548 bits per heavy atom. The molecule has 0 unspecified atom stereocenters. The van der Waals surface area contributed by atoms with Crippen LogP contribution in [0, 0.1) is 35.5 Å². The summed E-state index contributed by atoms with van der Waals surface area (Å²) in [5.74, 6) is 6.03. The highest BCUT2D eigenvalue weighted by Crippen LogP contribution is 2.59. The number of hydrogen-bond acceptors (Lipinski definition) is 0. The Hall–Kier alpha value is -1.58. The summed E-state index contributed by atoms with van der Waals surface area (Å²) in [5, 5.41) is 0. The van der Waals surface area contributed by atoms with Crippen molar-refractivity contribution in [2.45, 2.75) is 94.8 Å². The van der Waals surface area contributed by atoms with Gasteiger partial charge in [-0.3, -0.25) is 0 Å². The van der Waals surface area contributed by atoms with Gasteiger partial charge in [-0.15, -0.1) is 0 Å². The molecule has 10 rings (SSSR count). The first-order valence-electron chi connectivity index (χ1n) is 13.3. The first-order chi connectivity index (χ1) is 15.1. The molecule has 0 amide bonds. The molecule has 0 atom stereocenters. The highest BCUT2D eigenvalue weighted by atomic mass is 15.3. The van der Waals surface area contributed by atoms with Gasteiger partial charge in [-0.2, -0.15) is 9.13 Å². The van der Waals surface area contributed by atoms with Crippen LogP contribution < -0.4 is 9.13 Å². The summed E-state index contributed by atoms with van der Waals surface area (Å²) >= 11 is 0. The van der Waals surface area contributed by atoms with Gasteiger partial charge in [-0.1, -0.05) is 0 Å². The van der Waals surface area contributed by atoms with Crippen molar-refractivity contribution in [2.24, 2.45) is 35.5 Å². The third-order valence-corrected chi connectivity index (χ3v) is 10.8. The van der Waals surface area contributed by atoms with Crippen LogP contribution in [0.3, 0.4) is 0 Å². The number of aromatic nitrogens is 4. The van der Waals surface area contributed by atoms with E-state index in [1.54, 1.807) is 0 Å². The fraction of sp³-hybridized carbons (Fsp3) is 0.778. The van der Waals surface area contributed by atoms with Gasteiger partial charge in [0.05, 0.1) is 0 Å². The first-order valence-corrected chi connectivity index (χ1v) is 13.3. The molecule has 2 aromatic rings. The van der Waals surface area contributed by atoms with Crippen LogP contribution in [0.2, 0.25) is 0 Å². The van der Waals surface area contributed by atoms with Crippen molar-refractivity contribution in [2.75, 3.05) is 0 Å². The average Bonchev–Trinajstić information content (AvgIpc) is 3.37. The van der Waals surface area contributed by atoms with Crippen LogP contribution in [0.25, 0.3) is 0 Å². The first kappa shape index (κ1) is 17.9. The van der Waals surface area contributed by atoms with E-state index in [0.717, 1.165) is 42.2 Å². The van der Waals surface area contributed by atoms with E-state index in [9.17, 15) is 0 Å². The molecule has 8 fully saturated rings. The van der Waals surface area contributed by atoms with Crippen LogP contribution in [0.1, 0.15) is 77.0 Å². The van der Waals surface area contributed by atoms with E-state index in [2.05, 4.69) is 55.7 Å². The minimum Gasteiger partial charge on any atom is -0.231 e. The van der Waals surface area contributed by atoms with Crippen molar-refractivity contribution < 1.29 is 9.13 Å². The van der Waals surface area contributed by atoms with Crippen LogP contribution in [0.5, 0.6) is 0 Å². The smallest absolute Gasteiger partial charge is 0.231 e. The van der Waals surface area contributed by atoms with Crippen LogP contribution in [-0.4, -0.2) is 9.13 Å². The van der Waals surface area contributed by atoms with Gasteiger partial charge < -0.3 is 0 Å². The van der Waals surface area contributed by atoms with Crippen molar-refractivity contribution >= 4 is 0 Å². The molecule has 4 heteroatoms. The van der Waals surface area contributed by atoms with E-state index in [-0.39, 0.29) is 0 Å². The fourth-order valence-corrected chi connectivity index (χ4v) is 10.5. The van der Waals surface area contributed by atoms with E-state index in [0.29, 0.717) is 11.1 Å². The quantitative estimate of drug-likeness (QED) is 0.662. The Labute approximate surface area is 186 Å². The molecule has 0 N–H and O–H groups in total. The maximum Gasteiger partial charge on any atom is 0.247 e. The summed E-state index contributed by atoms with van der Waals surface area (Å²) in [6, 6.07) is 0. The summed E-state index contributed by atoms with van der Waals surface area (Å²) in [6.07, 6.45) is 32.0. The lowest BCUT2D eigenvalue weighted by Crippen LogP contribution is -2.54. The van der Waals surface area contributed by atoms with Gasteiger partial charge >= 0.3 is 0 Å². The van der Waals surface area contributed by atoms with E-state index < -0.39 is 0 Å². The molecular weight excluding hydrogens is 380 g/mol. The number of nitrogens with zero attached hydrogens (tertiary/aromatic N) is 4. The highest BCUT2D eigenvalue weighted by molar-refractivity contribution is 5.06. The maximum atomic E-state index is 2.63. The second-order valence-electron chi connectivity index (χ2n) is 13.1. The molecule has 0 spiro atoms. The zero-order chi connectivity index (χ0) is 20.2. The monoisotopic (exact) mass is 418 g/mol. The van der Waals surface area contributed by atoms with Crippen molar-refractivity contribution in [1.29, 1.82) is 0 Å². The minimum atomic E-state index is 0.440. The van der Waals surface area contributed by atoms with Crippen LogP contribution >= 0.6 is 0 Å².